The largest absolute Gasteiger partial charge is 0.487 e. The third-order valence-electron chi connectivity index (χ3n) is 2.32. The van der Waals surface area contributed by atoms with Gasteiger partial charge in [-0.05, 0) is 13.5 Å². The molecule has 1 aromatic carbocycles. The average Bonchev–Trinajstić information content (AvgIpc) is 2.29. The molecule has 0 bridgehead atoms. The maximum Gasteiger partial charge on any atom is 0.432 e. The van der Waals surface area contributed by atoms with E-state index < -0.39 is 14.5 Å². The van der Waals surface area contributed by atoms with Crippen LogP contribution in [0.3, 0.4) is 0 Å². The molecule has 3 nitrogen and oxygen atoms in total. The molecule has 1 atom stereocenters. The summed E-state index contributed by atoms with van der Waals surface area (Å²) in [5, 5.41) is 0.923. The molecular weight excluding hydrogens is 220 g/mol. The molecule has 1 aromatic rings. The molecule has 1 unspecified atom stereocenters. The van der Waals surface area contributed by atoms with Crippen LogP contribution < -0.4 is 5.19 Å². The van der Waals surface area contributed by atoms with E-state index in [1.54, 1.807) is 14.0 Å². The number of carbonyl (C=O) groups is 1. The zero-order chi connectivity index (χ0) is 12.2. The van der Waals surface area contributed by atoms with Crippen LogP contribution in [0.4, 0.5) is 0 Å². The summed E-state index contributed by atoms with van der Waals surface area (Å²) in [6.45, 7) is 7.02. The van der Waals surface area contributed by atoms with E-state index in [0.29, 0.717) is 5.57 Å². The van der Waals surface area contributed by atoms with Crippen molar-refractivity contribution in [1.29, 1.82) is 0 Å². The molecule has 0 radical (unpaired) electrons. The SMILES string of the molecule is C=C(C)C(=O)O[Si](C)(OC)c1ccccc1. The molecule has 0 saturated heterocycles. The molecule has 16 heavy (non-hydrogen) atoms. The lowest BCUT2D eigenvalue weighted by atomic mass is 10.4. The van der Waals surface area contributed by atoms with Gasteiger partial charge in [0.15, 0.2) is 0 Å². The highest BCUT2D eigenvalue weighted by Gasteiger charge is 2.37. The lowest BCUT2D eigenvalue weighted by molar-refractivity contribution is -0.131. The highest BCUT2D eigenvalue weighted by Crippen LogP contribution is 2.09. The van der Waals surface area contributed by atoms with Gasteiger partial charge in [-0.15, -0.1) is 0 Å². The van der Waals surface area contributed by atoms with Gasteiger partial charge in [0, 0.05) is 17.9 Å². The van der Waals surface area contributed by atoms with E-state index in [4.69, 9.17) is 8.85 Å². The molecule has 0 N–H and O–H groups in total. The van der Waals surface area contributed by atoms with Crippen molar-refractivity contribution in [3.8, 4) is 0 Å². The van der Waals surface area contributed by atoms with Crippen molar-refractivity contribution < 1.29 is 13.6 Å². The Balaban J connectivity index is 2.95. The molecular formula is C12H16O3Si. The van der Waals surface area contributed by atoms with Gasteiger partial charge < -0.3 is 8.85 Å². The van der Waals surface area contributed by atoms with Gasteiger partial charge in [0.25, 0.3) is 0 Å². The maximum absolute atomic E-state index is 11.5. The first-order chi connectivity index (χ1) is 7.49. The summed E-state index contributed by atoms with van der Waals surface area (Å²) in [4.78, 5) is 11.5. The summed E-state index contributed by atoms with van der Waals surface area (Å²) >= 11 is 0. The Morgan fingerprint density at radius 1 is 1.31 bits per heavy atom. The lowest BCUT2D eigenvalue weighted by Gasteiger charge is -2.24. The Morgan fingerprint density at radius 3 is 2.31 bits per heavy atom. The van der Waals surface area contributed by atoms with Crippen LogP contribution in [-0.4, -0.2) is 21.6 Å². The van der Waals surface area contributed by atoms with Crippen LogP contribution in [0.25, 0.3) is 0 Å². The van der Waals surface area contributed by atoms with Gasteiger partial charge in [0.1, 0.15) is 0 Å². The molecule has 0 heterocycles. The van der Waals surface area contributed by atoms with Gasteiger partial charge in [-0.3, -0.25) is 0 Å². The van der Waals surface area contributed by atoms with Crippen molar-refractivity contribution in [1.82, 2.24) is 0 Å². The molecule has 0 spiro atoms. The standard InChI is InChI=1S/C12H16O3Si/c1-10(2)12(13)15-16(4,14-3)11-8-6-5-7-9-11/h5-9H,1H2,2-4H3. The normalized spacial score (nSPS) is 13.9. The molecule has 0 aliphatic rings. The van der Waals surface area contributed by atoms with Gasteiger partial charge in [0.2, 0.25) is 0 Å². The molecule has 0 fully saturated rings. The van der Waals surface area contributed by atoms with Crippen LogP contribution in [0, 0.1) is 0 Å². The van der Waals surface area contributed by atoms with Crippen LogP contribution in [0.5, 0.6) is 0 Å². The van der Waals surface area contributed by atoms with Gasteiger partial charge >= 0.3 is 14.5 Å². The van der Waals surface area contributed by atoms with E-state index in [0.717, 1.165) is 5.19 Å². The molecule has 86 valence electrons. The molecule has 0 aliphatic heterocycles. The second-order valence-electron chi connectivity index (χ2n) is 3.69. The molecule has 4 heteroatoms. The van der Waals surface area contributed by atoms with Crippen molar-refractivity contribution in [3.05, 3.63) is 42.5 Å². The minimum absolute atomic E-state index is 0.381. The average molecular weight is 236 g/mol. The topological polar surface area (TPSA) is 35.5 Å². The molecule has 1 rings (SSSR count). The Labute approximate surface area is 96.9 Å². The molecule has 0 aromatic heterocycles. The molecule has 0 amide bonds. The van der Waals surface area contributed by atoms with Crippen LogP contribution in [-0.2, 0) is 13.6 Å². The predicted molar refractivity (Wildman–Crippen MR) is 65.6 cm³/mol. The van der Waals surface area contributed by atoms with Crippen LogP contribution >= 0.6 is 0 Å². The minimum Gasteiger partial charge on any atom is -0.487 e. The summed E-state index contributed by atoms with van der Waals surface area (Å²) in [5.41, 5.74) is 0.381. The second-order valence-corrected chi connectivity index (χ2v) is 6.77. The zero-order valence-corrected chi connectivity index (χ0v) is 10.8. The van der Waals surface area contributed by atoms with E-state index in [-0.39, 0.29) is 0 Å². The van der Waals surface area contributed by atoms with Crippen molar-refractivity contribution in [2.45, 2.75) is 13.5 Å². The fraction of sp³-hybridized carbons (Fsp3) is 0.250. The number of benzene rings is 1. The van der Waals surface area contributed by atoms with E-state index in [2.05, 4.69) is 6.58 Å². The number of carbonyl (C=O) groups excluding carboxylic acids is 1. The van der Waals surface area contributed by atoms with Gasteiger partial charge in [0.05, 0.1) is 0 Å². The Hall–Kier alpha value is -1.39. The monoisotopic (exact) mass is 236 g/mol. The van der Waals surface area contributed by atoms with Gasteiger partial charge in [-0.2, -0.15) is 0 Å². The first-order valence-electron chi connectivity index (χ1n) is 4.99. The van der Waals surface area contributed by atoms with Crippen molar-refractivity contribution in [3.63, 3.8) is 0 Å². The Morgan fingerprint density at radius 2 is 1.88 bits per heavy atom. The van der Waals surface area contributed by atoms with Crippen molar-refractivity contribution in [2.75, 3.05) is 7.11 Å². The van der Waals surface area contributed by atoms with Crippen LogP contribution in [0.1, 0.15) is 6.92 Å². The van der Waals surface area contributed by atoms with Gasteiger partial charge in [-0.25, -0.2) is 4.79 Å². The highest BCUT2D eigenvalue weighted by molar-refractivity contribution is 6.81. The van der Waals surface area contributed by atoms with Crippen LogP contribution in [0.15, 0.2) is 42.5 Å². The third kappa shape index (κ3) is 2.80. The smallest absolute Gasteiger partial charge is 0.432 e. The number of rotatable bonds is 4. The van der Waals surface area contributed by atoms with Gasteiger partial charge in [-0.1, -0.05) is 36.9 Å². The highest BCUT2D eigenvalue weighted by atomic mass is 28.4. The van der Waals surface area contributed by atoms with E-state index in [1.807, 2.05) is 36.9 Å². The fourth-order valence-electron chi connectivity index (χ4n) is 1.22. The Kier molecular flexibility index (Phi) is 4.03. The number of hydrogen-bond donors (Lipinski definition) is 0. The quantitative estimate of drug-likeness (QED) is 0.590. The number of hydrogen-bond acceptors (Lipinski definition) is 3. The molecule has 0 saturated carbocycles. The maximum atomic E-state index is 11.5. The van der Waals surface area contributed by atoms with Crippen molar-refractivity contribution in [2.24, 2.45) is 0 Å². The summed E-state index contributed by atoms with van der Waals surface area (Å²) in [6.07, 6.45) is 0. The van der Waals surface area contributed by atoms with Crippen LogP contribution in [0.2, 0.25) is 6.55 Å². The summed E-state index contributed by atoms with van der Waals surface area (Å²) in [6, 6.07) is 9.51. The second kappa shape index (κ2) is 5.09. The minimum atomic E-state index is -2.64. The summed E-state index contributed by atoms with van der Waals surface area (Å²) in [7, 11) is -1.08. The van der Waals surface area contributed by atoms with E-state index >= 15 is 0 Å². The fourth-order valence-corrected chi connectivity index (χ4v) is 2.99. The van der Waals surface area contributed by atoms with E-state index in [1.165, 1.54) is 0 Å². The van der Waals surface area contributed by atoms with Crippen molar-refractivity contribution >= 4 is 19.7 Å². The molecule has 0 aliphatic carbocycles. The summed E-state index contributed by atoms with van der Waals surface area (Å²) in [5.74, 6) is -0.403. The summed E-state index contributed by atoms with van der Waals surface area (Å²) < 4.78 is 10.8. The zero-order valence-electron chi connectivity index (χ0n) is 9.82. The Bertz CT molecular complexity index is 389. The third-order valence-corrected chi connectivity index (χ3v) is 5.06. The predicted octanol–water partition coefficient (Wildman–Crippen LogP) is 1.73. The first kappa shape index (κ1) is 12.7. The van der Waals surface area contributed by atoms with E-state index in [9.17, 15) is 4.79 Å². The lowest BCUT2D eigenvalue weighted by Crippen LogP contribution is -2.51. The first-order valence-corrected chi connectivity index (χ1v) is 7.31.